The minimum Gasteiger partial charge on any atom is -0.497 e. The molecule has 8 nitrogen and oxygen atoms in total. The Kier molecular flexibility index (Phi) is 6.69. The van der Waals surface area contributed by atoms with E-state index in [0.717, 1.165) is 6.20 Å². The normalized spacial score (nSPS) is 18.9. The predicted octanol–water partition coefficient (Wildman–Crippen LogP) is 3.59. The van der Waals surface area contributed by atoms with Gasteiger partial charge in [-0.1, -0.05) is 0 Å². The molecule has 0 radical (unpaired) electrons. The van der Waals surface area contributed by atoms with Crippen LogP contribution in [0.4, 0.5) is 14.6 Å². The Morgan fingerprint density at radius 1 is 1.15 bits per heavy atom. The van der Waals surface area contributed by atoms with Gasteiger partial charge in [-0.25, -0.2) is 23.7 Å². The molecule has 0 saturated heterocycles. The Balaban J connectivity index is 1.62. The molecule has 1 aliphatic rings. The predicted molar refractivity (Wildman–Crippen MR) is 119 cm³/mol. The maximum absolute atomic E-state index is 14.4. The molecule has 1 fully saturated rings. The van der Waals surface area contributed by atoms with Crippen LogP contribution in [-0.4, -0.2) is 41.7 Å². The fourth-order valence-corrected chi connectivity index (χ4v) is 3.92. The molecule has 1 saturated carbocycles. The molecule has 0 spiro atoms. The van der Waals surface area contributed by atoms with Gasteiger partial charge in [-0.2, -0.15) is 0 Å². The van der Waals surface area contributed by atoms with Gasteiger partial charge in [-0.05, 0) is 43.2 Å². The lowest BCUT2D eigenvalue weighted by Crippen LogP contribution is -2.27. The first-order chi connectivity index (χ1) is 16.3. The summed E-state index contributed by atoms with van der Waals surface area (Å²) in [4.78, 5) is 25.5. The maximum Gasteiger partial charge on any atom is 0.229 e. The number of hydrogen-bond donors (Lipinski definition) is 1. The molecule has 0 bridgehead atoms. The van der Waals surface area contributed by atoms with Crippen LogP contribution in [0.5, 0.6) is 11.5 Å². The number of carbonyl (C=O) groups excluding carboxylic acids is 1. The number of nitrogens with zero attached hydrogens (tertiary/aromatic N) is 3. The second-order valence-corrected chi connectivity index (χ2v) is 8.09. The lowest BCUT2D eigenvalue weighted by molar-refractivity contribution is -0.117. The lowest BCUT2D eigenvalue weighted by atomic mass is 9.93. The van der Waals surface area contributed by atoms with Crippen molar-refractivity contribution in [1.29, 1.82) is 0 Å². The van der Waals surface area contributed by atoms with Gasteiger partial charge in [0.15, 0.2) is 5.75 Å². The first kappa shape index (κ1) is 23.5. The highest BCUT2D eigenvalue weighted by Crippen LogP contribution is 2.55. The molecule has 1 amide bonds. The van der Waals surface area contributed by atoms with Crippen LogP contribution in [0, 0.1) is 24.5 Å². The third-order valence-corrected chi connectivity index (χ3v) is 5.77. The van der Waals surface area contributed by atoms with Gasteiger partial charge in [-0.15, -0.1) is 0 Å². The average Bonchev–Trinajstić information content (AvgIpc) is 3.56. The Hall–Kier alpha value is -3.66. The molecule has 1 N–H and O–H groups in total. The van der Waals surface area contributed by atoms with E-state index in [1.165, 1.54) is 31.4 Å². The van der Waals surface area contributed by atoms with Crippen molar-refractivity contribution in [3.05, 3.63) is 71.4 Å². The Morgan fingerprint density at radius 2 is 1.97 bits per heavy atom. The van der Waals surface area contributed by atoms with Gasteiger partial charge >= 0.3 is 0 Å². The topological polar surface area (TPSA) is 95.5 Å². The molecule has 178 valence electrons. The van der Waals surface area contributed by atoms with E-state index in [9.17, 15) is 13.6 Å². The molecule has 1 aliphatic carbocycles. The van der Waals surface area contributed by atoms with Crippen LogP contribution in [0.2, 0.25) is 0 Å². The van der Waals surface area contributed by atoms with Crippen molar-refractivity contribution in [3.8, 4) is 11.5 Å². The number of aromatic nitrogens is 3. The molecule has 0 unspecified atom stereocenters. The van der Waals surface area contributed by atoms with Crippen molar-refractivity contribution in [2.24, 2.45) is 5.92 Å². The van der Waals surface area contributed by atoms with E-state index in [2.05, 4.69) is 20.3 Å². The Bertz CT molecular complexity index is 1190. The fraction of sp³-hybridized carbons (Fsp3) is 0.333. The summed E-state index contributed by atoms with van der Waals surface area (Å²) in [5, 5.41) is 2.69. The van der Waals surface area contributed by atoms with Crippen LogP contribution in [0.15, 0.2) is 42.7 Å². The number of aryl methyl sites for hydroxylation is 1. The number of hydrogen-bond acceptors (Lipinski definition) is 7. The SMILES string of the molecule is COCc1nc(C)ncc1OC[C@@]1(c2cc(F)cc(OC)c2)C[C@H]1C(=O)Nc1ccc(F)cn1. The minimum absolute atomic E-state index is 0.0671. The van der Waals surface area contributed by atoms with E-state index in [4.69, 9.17) is 14.2 Å². The van der Waals surface area contributed by atoms with E-state index >= 15 is 0 Å². The molecule has 1 aromatic carbocycles. The van der Waals surface area contributed by atoms with Crippen molar-refractivity contribution in [2.75, 3.05) is 26.1 Å². The number of amides is 1. The summed E-state index contributed by atoms with van der Waals surface area (Å²) in [6.07, 6.45) is 2.97. The largest absolute Gasteiger partial charge is 0.497 e. The number of pyridine rings is 1. The summed E-state index contributed by atoms with van der Waals surface area (Å²) in [7, 11) is 2.99. The molecule has 2 atom stereocenters. The monoisotopic (exact) mass is 470 g/mol. The van der Waals surface area contributed by atoms with Crippen molar-refractivity contribution < 1.29 is 27.8 Å². The van der Waals surface area contributed by atoms with Gasteiger partial charge in [0, 0.05) is 18.6 Å². The quantitative estimate of drug-likeness (QED) is 0.511. The number of halogens is 2. The summed E-state index contributed by atoms with van der Waals surface area (Å²) >= 11 is 0. The first-order valence-electron chi connectivity index (χ1n) is 10.6. The number of nitrogens with one attached hydrogen (secondary N) is 1. The third kappa shape index (κ3) is 4.96. The standard InChI is InChI=1S/C24H24F2N4O4/c1-14-27-11-21(20(29-14)12-32-2)34-13-24(15-6-17(26)8-18(7-15)33-3)9-19(24)23(31)30-22-5-4-16(25)10-28-22/h4-8,10-11,19H,9,12-13H2,1-3H3,(H,28,30,31)/t19-,24+/m0/s1. The van der Waals surface area contributed by atoms with Crippen LogP contribution < -0.4 is 14.8 Å². The number of benzene rings is 1. The molecule has 4 rings (SSSR count). The third-order valence-electron chi connectivity index (χ3n) is 5.77. The average molecular weight is 470 g/mol. The smallest absolute Gasteiger partial charge is 0.229 e. The van der Waals surface area contributed by atoms with Gasteiger partial charge in [0.25, 0.3) is 0 Å². The number of ether oxygens (including phenoxy) is 3. The second-order valence-electron chi connectivity index (χ2n) is 8.09. The molecule has 10 heteroatoms. The highest BCUT2D eigenvalue weighted by Gasteiger charge is 2.60. The fourth-order valence-electron chi connectivity index (χ4n) is 3.92. The van der Waals surface area contributed by atoms with E-state index < -0.39 is 23.0 Å². The van der Waals surface area contributed by atoms with Gasteiger partial charge < -0.3 is 19.5 Å². The Labute approximate surface area is 195 Å². The lowest BCUT2D eigenvalue weighted by Gasteiger charge is -2.21. The number of rotatable bonds is 9. The van der Waals surface area contributed by atoms with Crippen molar-refractivity contribution in [1.82, 2.24) is 15.0 Å². The molecule has 2 aromatic heterocycles. The summed E-state index contributed by atoms with van der Waals surface area (Å²) in [5.74, 6) is -0.323. The van der Waals surface area contributed by atoms with Crippen LogP contribution in [-0.2, 0) is 21.6 Å². The van der Waals surface area contributed by atoms with Gasteiger partial charge in [0.05, 0.1) is 38.6 Å². The van der Waals surface area contributed by atoms with Crippen molar-refractivity contribution in [3.63, 3.8) is 0 Å². The van der Waals surface area contributed by atoms with Crippen molar-refractivity contribution in [2.45, 2.75) is 25.4 Å². The summed E-state index contributed by atoms with van der Waals surface area (Å²) in [5.41, 5.74) is 0.311. The number of anilines is 1. The minimum atomic E-state index is -0.825. The molecule has 2 heterocycles. The van der Waals surface area contributed by atoms with E-state index in [1.54, 1.807) is 26.3 Å². The molecule has 0 aliphatic heterocycles. The highest BCUT2D eigenvalue weighted by molar-refractivity contribution is 5.95. The summed E-state index contributed by atoms with van der Waals surface area (Å²) in [6.45, 7) is 2.05. The molecule has 34 heavy (non-hydrogen) atoms. The number of methoxy groups -OCH3 is 2. The molecular weight excluding hydrogens is 446 g/mol. The maximum atomic E-state index is 14.4. The van der Waals surface area contributed by atoms with Gasteiger partial charge in [0.2, 0.25) is 5.91 Å². The zero-order chi connectivity index (χ0) is 24.3. The van der Waals surface area contributed by atoms with Gasteiger partial charge in [-0.3, -0.25) is 4.79 Å². The van der Waals surface area contributed by atoms with Crippen LogP contribution in [0.25, 0.3) is 0 Å². The Morgan fingerprint density at radius 3 is 2.68 bits per heavy atom. The first-order valence-corrected chi connectivity index (χ1v) is 10.6. The molecule has 3 aromatic rings. The zero-order valence-electron chi connectivity index (χ0n) is 19.0. The van der Waals surface area contributed by atoms with E-state index in [0.29, 0.717) is 35.0 Å². The van der Waals surface area contributed by atoms with Gasteiger partial charge in [0.1, 0.15) is 34.7 Å². The van der Waals surface area contributed by atoms with E-state index in [1.807, 2.05) is 0 Å². The summed E-state index contributed by atoms with van der Waals surface area (Å²) < 4.78 is 44.0. The van der Waals surface area contributed by atoms with Crippen LogP contribution in [0.1, 0.15) is 23.5 Å². The zero-order valence-corrected chi connectivity index (χ0v) is 19.0. The summed E-state index contributed by atoms with van der Waals surface area (Å²) in [6, 6.07) is 6.91. The number of carbonyl (C=O) groups is 1. The highest BCUT2D eigenvalue weighted by atomic mass is 19.1. The molecular formula is C24H24F2N4O4. The van der Waals surface area contributed by atoms with E-state index in [-0.39, 0.29) is 24.9 Å². The van der Waals surface area contributed by atoms with Crippen LogP contribution >= 0.6 is 0 Å². The van der Waals surface area contributed by atoms with Crippen molar-refractivity contribution >= 4 is 11.7 Å². The second kappa shape index (κ2) is 9.68. The van der Waals surface area contributed by atoms with Crippen LogP contribution in [0.3, 0.4) is 0 Å².